The van der Waals surface area contributed by atoms with Crippen LogP contribution < -0.4 is 5.73 Å². The summed E-state index contributed by atoms with van der Waals surface area (Å²) >= 11 is 1.72. The van der Waals surface area contributed by atoms with E-state index in [4.69, 9.17) is 5.73 Å². The van der Waals surface area contributed by atoms with Crippen molar-refractivity contribution in [1.29, 1.82) is 0 Å². The van der Waals surface area contributed by atoms with Crippen molar-refractivity contribution in [2.24, 2.45) is 0 Å². The maximum Gasteiger partial charge on any atom is 0.311 e. The molecule has 4 nitrogen and oxygen atoms in total. The minimum atomic E-state index is -2.69. The molecular formula is C9H9F2IN2O2. The van der Waals surface area contributed by atoms with Crippen LogP contribution in [-0.2, 0) is 16.0 Å². The van der Waals surface area contributed by atoms with Crippen molar-refractivity contribution in [2.75, 3.05) is 12.8 Å². The van der Waals surface area contributed by atoms with Gasteiger partial charge in [-0.05, 0) is 28.7 Å². The fraction of sp³-hybridized carbons (Fsp3) is 0.333. The van der Waals surface area contributed by atoms with Crippen LogP contribution in [0.2, 0.25) is 0 Å². The lowest BCUT2D eigenvalue weighted by Crippen LogP contribution is -2.11. The first-order chi connectivity index (χ1) is 7.45. The zero-order chi connectivity index (χ0) is 12.3. The number of carbonyl (C=O) groups is 1. The van der Waals surface area contributed by atoms with Crippen molar-refractivity contribution >= 4 is 34.2 Å². The summed E-state index contributed by atoms with van der Waals surface area (Å²) in [7, 11) is 1.21. The lowest BCUT2D eigenvalue weighted by Gasteiger charge is -2.08. The highest BCUT2D eigenvalue weighted by atomic mass is 127. The molecule has 88 valence electrons. The lowest BCUT2D eigenvalue weighted by molar-refractivity contribution is -0.139. The molecule has 0 unspecified atom stereocenters. The predicted molar refractivity (Wildman–Crippen MR) is 62.0 cm³/mol. The van der Waals surface area contributed by atoms with Gasteiger partial charge in [0.05, 0.1) is 24.9 Å². The van der Waals surface area contributed by atoms with Crippen molar-refractivity contribution in [3.05, 3.63) is 21.0 Å². The van der Waals surface area contributed by atoms with E-state index in [-0.39, 0.29) is 27.1 Å². The molecule has 16 heavy (non-hydrogen) atoms. The van der Waals surface area contributed by atoms with Crippen molar-refractivity contribution in [1.82, 2.24) is 4.98 Å². The summed E-state index contributed by atoms with van der Waals surface area (Å²) in [5, 5.41) is 0. The molecule has 0 amide bonds. The number of methoxy groups -OCH3 is 1. The van der Waals surface area contributed by atoms with E-state index in [1.807, 2.05) is 0 Å². The molecule has 0 fully saturated rings. The number of nitrogen functional groups attached to an aromatic ring is 1. The van der Waals surface area contributed by atoms with E-state index in [9.17, 15) is 13.6 Å². The molecule has 0 radical (unpaired) electrons. The number of alkyl halides is 2. The number of aromatic nitrogens is 1. The van der Waals surface area contributed by atoms with E-state index < -0.39 is 12.4 Å². The summed E-state index contributed by atoms with van der Waals surface area (Å²) in [6.07, 6.45) is -2.90. The number of ether oxygens (including phenoxy) is 1. The second kappa shape index (κ2) is 5.37. The number of rotatable bonds is 3. The molecule has 0 aromatic carbocycles. The van der Waals surface area contributed by atoms with E-state index >= 15 is 0 Å². The van der Waals surface area contributed by atoms with Gasteiger partial charge in [0.1, 0.15) is 5.69 Å². The van der Waals surface area contributed by atoms with Gasteiger partial charge >= 0.3 is 5.97 Å². The molecule has 7 heteroatoms. The largest absolute Gasteiger partial charge is 0.469 e. The summed E-state index contributed by atoms with van der Waals surface area (Å²) < 4.78 is 29.8. The molecule has 1 aromatic heterocycles. The SMILES string of the molecule is COC(=O)Cc1nc(C(F)F)c(I)cc1N. The van der Waals surface area contributed by atoms with Crippen molar-refractivity contribution in [3.8, 4) is 0 Å². The van der Waals surface area contributed by atoms with Gasteiger partial charge in [-0.2, -0.15) is 0 Å². The molecule has 0 saturated carbocycles. The van der Waals surface area contributed by atoms with Crippen LogP contribution >= 0.6 is 22.6 Å². The van der Waals surface area contributed by atoms with Crippen LogP contribution in [0, 0.1) is 3.57 Å². The maximum atomic E-state index is 12.5. The van der Waals surface area contributed by atoms with E-state index in [2.05, 4.69) is 9.72 Å². The average Bonchev–Trinajstić information content (AvgIpc) is 2.21. The Morgan fingerprint density at radius 2 is 2.31 bits per heavy atom. The van der Waals surface area contributed by atoms with Crippen LogP contribution in [0.5, 0.6) is 0 Å². The van der Waals surface area contributed by atoms with Crippen LogP contribution in [0.25, 0.3) is 0 Å². The van der Waals surface area contributed by atoms with Gasteiger partial charge in [-0.15, -0.1) is 0 Å². The number of carbonyl (C=O) groups excluding carboxylic acids is 1. The molecule has 0 aliphatic rings. The normalized spacial score (nSPS) is 10.6. The number of hydrogen-bond acceptors (Lipinski definition) is 4. The van der Waals surface area contributed by atoms with Gasteiger partial charge in [0.2, 0.25) is 0 Å². The fourth-order valence-corrected chi connectivity index (χ4v) is 1.75. The summed E-state index contributed by atoms with van der Waals surface area (Å²) in [5.74, 6) is -0.569. The van der Waals surface area contributed by atoms with Gasteiger partial charge in [0.25, 0.3) is 6.43 Å². The maximum absolute atomic E-state index is 12.5. The molecule has 0 atom stereocenters. The van der Waals surface area contributed by atoms with Gasteiger partial charge in [-0.3, -0.25) is 4.79 Å². The standard InChI is InChI=1S/C9H9F2IN2O2/c1-16-7(15)3-6-5(13)2-4(12)8(14-6)9(10)11/h2,9H,3,13H2,1H3. The van der Waals surface area contributed by atoms with E-state index in [0.717, 1.165) is 0 Å². The number of halogens is 3. The highest BCUT2D eigenvalue weighted by molar-refractivity contribution is 14.1. The van der Waals surface area contributed by atoms with Crippen LogP contribution in [-0.4, -0.2) is 18.1 Å². The molecule has 0 aliphatic carbocycles. The predicted octanol–water partition coefficient (Wildman–Crippen LogP) is 1.92. The molecule has 0 bridgehead atoms. The lowest BCUT2D eigenvalue weighted by atomic mass is 10.2. The Morgan fingerprint density at radius 1 is 1.69 bits per heavy atom. The average molecular weight is 342 g/mol. The third-order valence-corrected chi connectivity index (χ3v) is 2.73. The Labute approximate surface area is 104 Å². The number of nitrogens with two attached hydrogens (primary N) is 1. The second-order valence-corrected chi connectivity index (χ2v) is 4.11. The third-order valence-electron chi connectivity index (χ3n) is 1.86. The minimum Gasteiger partial charge on any atom is -0.469 e. The first-order valence-corrected chi connectivity index (χ1v) is 5.33. The highest BCUT2D eigenvalue weighted by Crippen LogP contribution is 2.25. The Kier molecular flexibility index (Phi) is 4.39. The van der Waals surface area contributed by atoms with E-state index in [1.165, 1.54) is 13.2 Å². The molecule has 1 aromatic rings. The smallest absolute Gasteiger partial charge is 0.311 e. The number of hydrogen-bond donors (Lipinski definition) is 1. The number of esters is 1. The molecule has 0 spiro atoms. The fourth-order valence-electron chi connectivity index (χ4n) is 1.06. The molecule has 1 heterocycles. The van der Waals surface area contributed by atoms with Gasteiger partial charge in [0.15, 0.2) is 0 Å². The van der Waals surface area contributed by atoms with Gasteiger partial charge in [-0.25, -0.2) is 13.8 Å². The first-order valence-electron chi connectivity index (χ1n) is 4.25. The molecular weight excluding hydrogens is 333 g/mol. The minimum absolute atomic E-state index is 0.113. The molecule has 2 N–H and O–H groups in total. The first kappa shape index (κ1) is 13.1. The van der Waals surface area contributed by atoms with E-state index in [0.29, 0.717) is 0 Å². The van der Waals surface area contributed by atoms with Crippen LogP contribution in [0.15, 0.2) is 6.07 Å². The van der Waals surface area contributed by atoms with Gasteiger partial charge < -0.3 is 10.5 Å². The quantitative estimate of drug-likeness (QED) is 0.673. The molecule has 0 saturated heterocycles. The Balaban J connectivity index is 3.09. The number of nitrogens with zero attached hydrogens (tertiary/aromatic N) is 1. The molecule has 1 rings (SSSR count). The van der Waals surface area contributed by atoms with Crippen LogP contribution in [0.4, 0.5) is 14.5 Å². The third kappa shape index (κ3) is 3.00. The second-order valence-electron chi connectivity index (χ2n) is 2.94. The highest BCUT2D eigenvalue weighted by Gasteiger charge is 2.17. The van der Waals surface area contributed by atoms with Gasteiger partial charge in [0, 0.05) is 3.57 Å². The monoisotopic (exact) mass is 342 g/mol. The number of anilines is 1. The zero-order valence-corrected chi connectivity index (χ0v) is 10.5. The van der Waals surface area contributed by atoms with Gasteiger partial charge in [-0.1, -0.05) is 0 Å². The molecule has 0 aliphatic heterocycles. The van der Waals surface area contributed by atoms with E-state index in [1.54, 1.807) is 22.6 Å². The zero-order valence-electron chi connectivity index (χ0n) is 8.34. The van der Waals surface area contributed by atoms with Crippen LogP contribution in [0.1, 0.15) is 17.8 Å². The Morgan fingerprint density at radius 3 is 2.81 bits per heavy atom. The number of pyridine rings is 1. The topological polar surface area (TPSA) is 65.2 Å². The van der Waals surface area contributed by atoms with Crippen molar-refractivity contribution in [3.63, 3.8) is 0 Å². The summed E-state index contributed by atoms with van der Waals surface area (Å²) in [6, 6.07) is 1.37. The van der Waals surface area contributed by atoms with Crippen molar-refractivity contribution < 1.29 is 18.3 Å². The summed E-state index contributed by atoms with van der Waals surface area (Å²) in [6.45, 7) is 0. The summed E-state index contributed by atoms with van der Waals surface area (Å²) in [4.78, 5) is 14.7. The Bertz CT molecular complexity index is 413. The summed E-state index contributed by atoms with van der Waals surface area (Å²) in [5.41, 5.74) is 5.53. The van der Waals surface area contributed by atoms with Crippen LogP contribution in [0.3, 0.4) is 0 Å². The Hall–Kier alpha value is -0.990. The van der Waals surface area contributed by atoms with Crippen molar-refractivity contribution in [2.45, 2.75) is 12.8 Å².